The lowest BCUT2D eigenvalue weighted by molar-refractivity contribution is -0.135. The van der Waals surface area contributed by atoms with E-state index in [9.17, 15) is 9.59 Å². The summed E-state index contributed by atoms with van der Waals surface area (Å²) in [5.41, 5.74) is 3.83. The molecule has 126 valence electrons. The topological polar surface area (TPSA) is 55.4 Å². The van der Waals surface area contributed by atoms with Crippen LogP contribution < -0.4 is 10.1 Å². The van der Waals surface area contributed by atoms with Crippen LogP contribution in [0.4, 0.5) is 0 Å². The van der Waals surface area contributed by atoms with Crippen LogP contribution in [0.2, 0.25) is 0 Å². The van der Waals surface area contributed by atoms with Crippen molar-refractivity contribution in [1.82, 2.24) is 5.32 Å². The number of benzene rings is 2. The maximum atomic E-state index is 12.4. The lowest BCUT2D eigenvalue weighted by atomic mass is 10.0. The molecule has 0 bridgehead atoms. The molecule has 4 nitrogen and oxygen atoms in total. The van der Waals surface area contributed by atoms with Crippen LogP contribution in [0, 0.1) is 20.8 Å². The van der Waals surface area contributed by atoms with Crippen LogP contribution in [-0.4, -0.2) is 11.9 Å². The molecule has 2 rings (SSSR count). The van der Waals surface area contributed by atoms with Gasteiger partial charge in [0.1, 0.15) is 5.75 Å². The van der Waals surface area contributed by atoms with E-state index in [4.69, 9.17) is 4.74 Å². The molecule has 0 aliphatic carbocycles. The number of hydrogen-bond donors (Lipinski definition) is 1. The van der Waals surface area contributed by atoms with E-state index in [1.54, 1.807) is 0 Å². The Kier molecular flexibility index (Phi) is 5.74. The monoisotopic (exact) mass is 325 g/mol. The Morgan fingerprint density at radius 1 is 1.00 bits per heavy atom. The number of rotatable bonds is 5. The van der Waals surface area contributed by atoms with Gasteiger partial charge in [-0.15, -0.1) is 0 Å². The van der Waals surface area contributed by atoms with Gasteiger partial charge in [0.05, 0.1) is 12.5 Å². The van der Waals surface area contributed by atoms with Crippen molar-refractivity contribution in [2.24, 2.45) is 0 Å². The molecule has 0 fully saturated rings. The SMILES string of the molecule is CC(=O)N[C@H](CC(=O)Oc1c(C)ccc(C)c1C)c1ccccc1. The summed E-state index contributed by atoms with van der Waals surface area (Å²) in [6.45, 7) is 7.28. The Morgan fingerprint density at radius 2 is 1.62 bits per heavy atom. The van der Waals surface area contributed by atoms with E-state index in [0.717, 1.165) is 22.3 Å². The van der Waals surface area contributed by atoms with Crippen molar-refractivity contribution in [3.05, 3.63) is 64.7 Å². The van der Waals surface area contributed by atoms with Crippen LogP contribution in [-0.2, 0) is 9.59 Å². The zero-order valence-corrected chi connectivity index (χ0v) is 14.6. The zero-order valence-electron chi connectivity index (χ0n) is 14.6. The number of ether oxygens (including phenoxy) is 1. The van der Waals surface area contributed by atoms with Gasteiger partial charge in [0.2, 0.25) is 5.91 Å². The minimum atomic E-state index is -0.401. The first kappa shape index (κ1) is 17.7. The minimum Gasteiger partial charge on any atom is -0.426 e. The zero-order chi connectivity index (χ0) is 17.7. The van der Waals surface area contributed by atoms with Gasteiger partial charge in [-0.25, -0.2) is 0 Å². The number of carbonyl (C=O) groups excluding carboxylic acids is 2. The predicted octanol–water partition coefficient (Wildman–Crippen LogP) is 3.78. The second-order valence-corrected chi connectivity index (χ2v) is 6.00. The molecule has 0 aliphatic rings. The summed E-state index contributed by atoms with van der Waals surface area (Å²) in [6, 6.07) is 13.0. The third-order valence-electron chi connectivity index (χ3n) is 4.04. The average Bonchev–Trinajstić information content (AvgIpc) is 2.55. The molecule has 2 aromatic rings. The minimum absolute atomic E-state index is 0.0798. The number of nitrogens with one attached hydrogen (secondary N) is 1. The molecule has 0 spiro atoms. The van der Waals surface area contributed by atoms with E-state index in [-0.39, 0.29) is 18.3 Å². The first-order chi connectivity index (χ1) is 11.4. The highest BCUT2D eigenvalue weighted by molar-refractivity contribution is 5.77. The van der Waals surface area contributed by atoms with Gasteiger partial charge in [0.15, 0.2) is 0 Å². The van der Waals surface area contributed by atoms with Crippen LogP contribution in [0.15, 0.2) is 42.5 Å². The maximum absolute atomic E-state index is 12.4. The molecule has 0 heterocycles. The van der Waals surface area contributed by atoms with E-state index in [0.29, 0.717) is 5.75 Å². The van der Waals surface area contributed by atoms with E-state index in [1.165, 1.54) is 6.92 Å². The molecule has 0 aliphatic heterocycles. The summed E-state index contributed by atoms with van der Waals surface area (Å²) >= 11 is 0. The summed E-state index contributed by atoms with van der Waals surface area (Å²) < 4.78 is 5.60. The van der Waals surface area contributed by atoms with Crippen molar-refractivity contribution in [2.45, 2.75) is 40.2 Å². The van der Waals surface area contributed by atoms with E-state index in [2.05, 4.69) is 5.32 Å². The Hall–Kier alpha value is -2.62. The van der Waals surface area contributed by atoms with Crippen molar-refractivity contribution in [1.29, 1.82) is 0 Å². The van der Waals surface area contributed by atoms with Gasteiger partial charge in [-0.1, -0.05) is 42.5 Å². The molecule has 0 aromatic heterocycles. The quantitative estimate of drug-likeness (QED) is 0.672. The van der Waals surface area contributed by atoms with Crippen LogP contribution in [0.1, 0.15) is 41.6 Å². The summed E-state index contributed by atoms with van der Waals surface area (Å²) in [7, 11) is 0. The van der Waals surface area contributed by atoms with E-state index < -0.39 is 6.04 Å². The van der Waals surface area contributed by atoms with Crippen molar-refractivity contribution in [2.75, 3.05) is 0 Å². The molecule has 1 N–H and O–H groups in total. The van der Waals surface area contributed by atoms with Crippen LogP contribution >= 0.6 is 0 Å². The molecule has 0 unspecified atom stereocenters. The van der Waals surface area contributed by atoms with Gasteiger partial charge >= 0.3 is 5.97 Å². The smallest absolute Gasteiger partial charge is 0.313 e. The highest BCUT2D eigenvalue weighted by Crippen LogP contribution is 2.27. The summed E-state index contributed by atoms with van der Waals surface area (Å²) in [4.78, 5) is 23.9. The average molecular weight is 325 g/mol. The Morgan fingerprint density at radius 3 is 2.25 bits per heavy atom. The second-order valence-electron chi connectivity index (χ2n) is 6.00. The molecule has 1 amide bonds. The molecule has 0 saturated heterocycles. The Balaban J connectivity index is 2.17. The second kappa shape index (κ2) is 7.77. The molecule has 24 heavy (non-hydrogen) atoms. The fraction of sp³-hybridized carbons (Fsp3) is 0.300. The molecular formula is C20H23NO3. The van der Waals surface area contributed by atoms with E-state index >= 15 is 0 Å². The van der Waals surface area contributed by atoms with Gasteiger partial charge in [0.25, 0.3) is 0 Å². The van der Waals surface area contributed by atoms with Gasteiger partial charge in [-0.2, -0.15) is 0 Å². The van der Waals surface area contributed by atoms with Gasteiger partial charge in [0, 0.05) is 6.92 Å². The number of amides is 1. The first-order valence-electron chi connectivity index (χ1n) is 7.98. The van der Waals surface area contributed by atoms with Crippen molar-refractivity contribution in [3.8, 4) is 5.75 Å². The lowest BCUT2D eigenvalue weighted by Gasteiger charge is -2.19. The molecule has 1 atom stereocenters. The Labute approximate surface area is 142 Å². The highest BCUT2D eigenvalue weighted by atomic mass is 16.5. The fourth-order valence-electron chi connectivity index (χ4n) is 2.59. The third-order valence-corrected chi connectivity index (χ3v) is 4.04. The summed E-state index contributed by atoms with van der Waals surface area (Å²) in [5, 5.41) is 2.81. The summed E-state index contributed by atoms with van der Waals surface area (Å²) in [5.74, 6) is 0.0589. The number of aryl methyl sites for hydroxylation is 2. The van der Waals surface area contributed by atoms with Crippen molar-refractivity contribution >= 4 is 11.9 Å². The van der Waals surface area contributed by atoms with E-state index in [1.807, 2.05) is 63.2 Å². The number of carbonyl (C=O) groups is 2. The lowest BCUT2D eigenvalue weighted by Crippen LogP contribution is -2.29. The Bertz CT molecular complexity index is 738. The molecule has 0 radical (unpaired) electrons. The maximum Gasteiger partial charge on any atom is 0.313 e. The predicted molar refractivity (Wildman–Crippen MR) is 93.9 cm³/mol. The molecule has 4 heteroatoms. The summed E-state index contributed by atoms with van der Waals surface area (Å²) in [6.07, 6.45) is 0.0798. The van der Waals surface area contributed by atoms with Gasteiger partial charge in [-0.05, 0) is 43.0 Å². The standard InChI is InChI=1S/C20H23NO3/c1-13-10-11-14(2)20(15(13)3)24-19(23)12-18(21-16(4)22)17-8-6-5-7-9-17/h5-11,18H,12H2,1-4H3,(H,21,22)/t18-/m1/s1. The van der Waals surface area contributed by atoms with Crippen molar-refractivity contribution in [3.63, 3.8) is 0 Å². The number of hydrogen-bond acceptors (Lipinski definition) is 3. The van der Waals surface area contributed by atoms with Gasteiger partial charge < -0.3 is 10.1 Å². The van der Waals surface area contributed by atoms with Crippen molar-refractivity contribution < 1.29 is 14.3 Å². The third kappa shape index (κ3) is 4.44. The largest absolute Gasteiger partial charge is 0.426 e. The fourth-order valence-corrected chi connectivity index (χ4v) is 2.59. The molecule has 2 aromatic carbocycles. The van der Waals surface area contributed by atoms with Crippen LogP contribution in [0.25, 0.3) is 0 Å². The highest BCUT2D eigenvalue weighted by Gasteiger charge is 2.19. The normalized spacial score (nSPS) is 11.7. The van der Waals surface area contributed by atoms with Crippen LogP contribution in [0.5, 0.6) is 5.75 Å². The first-order valence-corrected chi connectivity index (χ1v) is 7.98. The molecular weight excluding hydrogens is 302 g/mol. The number of esters is 1. The van der Waals surface area contributed by atoms with Gasteiger partial charge in [-0.3, -0.25) is 9.59 Å². The van der Waals surface area contributed by atoms with Crippen LogP contribution in [0.3, 0.4) is 0 Å². The molecule has 0 saturated carbocycles.